The molecule has 116 valence electrons. The minimum absolute atomic E-state index is 0.0395. The number of likely N-dealkylation sites (N-methyl/N-ethyl adjacent to an activating group) is 1. The number of carbonyl (C=O) groups excluding carboxylic acids is 2. The largest absolute Gasteiger partial charge is 0.382 e. The van der Waals surface area contributed by atoms with E-state index in [2.05, 4.69) is 15.2 Å². The van der Waals surface area contributed by atoms with Crippen molar-refractivity contribution in [2.75, 3.05) is 44.4 Å². The van der Waals surface area contributed by atoms with Crippen molar-refractivity contribution >= 4 is 34.1 Å². The van der Waals surface area contributed by atoms with Crippen LogP contribution in [0.1, 0.15) is 28.9 Å². The molecule has 7 nitrogen and oxygen atoms in total. The monoisotopic (exact) mass is 311 g/mol. The van der Waals surface area contributed by atoms with Gasteiger partial charge < -0.3 is 20.9 Å². The van der Waals surface area contributed by atoms with Gasteiger partial charge in [0.15, 0.2) is 5.13 Å². The highest BCUT2D eigenvalue weighted by Crippen LogP contribution is 2.29. The normalized spacial score (nSPS) is 14.9. The number of aromatic nitrogens is 1. The summed E-state index contributed by atoms with van der Waals surface area (Å²) in [6.07, 6.45) is 3.51. The Bertz CT molecular complexity index is 523. The Kier molecular flexibility index (Phi) is 5.00. The predicted octanol–water partition coefficient (Wildman–Crippen LogP) is 0.534. The Hall–Kier alpha value is -1.83. The Morgan fingerprint density at radius 3 is 2.62 bits per heavy atom. The van der Waals surface area contributed by atoms with E-state index < -0.39 is 0 Å². The van der Waals surface area contributed by atoms with Crippen LogP contribution in [0.5, 0.6) is 0 Å². The highest BCUT2D eigenvalue weighted by molar-refractivity contribution is 7.18. The van der Waals surface area contributed by atoms with Crippen LogP contribution in [-0.4, -0.2) is 55.4 Å². The molecule has 2 rings (SSSR count). The van der Waals surface area contributed by atoms with E-state index in [1.165, 1.54) is 22.7 Å². The Balaban J connectivity index is 2.01. The maximum atomic E-state index is 12.1. The zero-order valence-corrected chi connectivity index (χ0v) is 13.2. The summed E-state index contributed by atoms with van der Waals surface area (Å²) in [5, 5.41) is 3.37. The number of nitrogens with two attached hydrogens (primary N) is 1. The molecule has 1 aliphatic heterocycles. The molecule has 0 atom stereocenters. The number of amides is 2. The number of hydrogen-bond acceptors (Lipinski definition) is 6. The van der Waals surface area contributed by atoms with Gasteiger partial charge in [-0.2, -0.15) is 0 Å². The number of rotatable bonds is 4. The standard InChI is InChI=1S/C13H21N5O2S/c1-17(2)9(19)8-15-12(20)10-11(14)16-13(21-10)18-6-4-3-5-7-18/h3-8,14H2,1-2H3,(H,15,20). The van der Waals surface area contributed by atoms with Crippen molar-refractivity contribution in [2.24, 2.45) is 0 Å². The van der Waals surface area contributed by atoms with Crippen molar-refractivity contribution in [2.45, 2.75) is 19.3 Å². The van der Waals surface area contributed by atoms with E-state index in [0.29, 0.717) is 4.88 Å². The predicted molar refractivity (Wildman–Crippen MR) is 83.6 cm³/mol. The van der Waals surface area contributed by atoms with Crippen LogP contribution >= 0.6 is 11.3 Å². The molecule has 0 saturated carbocycles. The molecule has 3 N–H and O–H groups in total. The molecule has 0 radical (unpaired) electrons. The molecule has 1 fully saturated rings. The van der Waals surface area contributed by atoms with E-state index in [-0.39, 0.29) is 24.2 Å². The van der Waals surface area contributed by atoms with Crippen molar-refractivity contribution in [3.63, 3.8) is 0 Å². The van der Waals surface area contributed by atoms with Crippen molar-refractivity contribution in [3.8, 4) is 0 Å². The van der Waals surface area contributed by atoms with Gasteiger partial charge in [0.2, 0.25) is 5.91 Å². The molecule has 1 saturated heterocycles. The lowest BCUT2D eigenvalue weighted by atomic mass is 10.1. The zero-order chi connectivity index (χ0) is 15.4. The third-order valence-electron chi connectivity index (χ3n) is 3.37. The molecule has 0 spiro atoms. The lowest BCUT2D eigenvalue weighted by Gasteiger charge is -2.25. The van der Waals surface area contributed by atoms with Gasteiger partial charge in [0.05, 0.1) is 6.54 Å². The van der Waals surface area contributed by atoms with Gasteiger partial charge in [0.25, 0.3) is 5.91 Å². The average Bonchev–Trinajstić information content (AvgIpc) is 2.87. The maximum absolute atomic E-state index is 12.1. The Morgan fingerprint density at radius 1 is 1.33 bits per heavy atom. The third kappa shape index (κ3) is 3.84. The van der Waals surface area contributed by atoms with E-state index in [0.717, 1.165) is 31.1 Å². The molecular formula is C13H21N5O2S. The molecule has 0 unspecified atom stereocenters. The zero-order valence-electron chi connectivity index (χ0n) is 12.4. The van der Waals surface area contributed by atoms with E-state index in [1.807, 2.05) is 0 Å². The second kappa shape index (κ2) is 6.75. The van der Waals surface area contributed by atoms with Crippen LogP contribution in [0, 0.1) is 0 Å². The number of thiazole rings is 1. The molecule has 2 heterocycles. The lowest BCUT2D eigenvalue weighted by Crippen LogP contribution is -2.36. The van der Waals surface area contributed by atoms with E-state index in [4.69, 9.17) is 5.73 Å². The highest BCUT2D eigenvalue weighted by atomic mass is 32.1. The van der Waals surface area contributed by atoms with Crippen LogP contribution < -0.4 is 16.0 Å². The quantitative estimate of drug-likeness (QED) is 0.846. The molecule has 21 heavy (non-hydrogen) atoms. The van der Waals surface area contributed by atoms with Gasteiger partial charge in [0, 0.05) is 27.2 Å². The number of hydrogen-bond donors (Lipinski definition) is 2. The number of carbonyl (C=O) groups is 2. The van der Waals surface area contributed by atoms with E-state index in [9.17, 15) is 9.59 Å². The second-order valence-corrected chi connectivity index (χ2v) is 6.21. The van der Waals surface area contributed by atoms with Gasteiger partial charge >= 0.3 is 0 Å². The molecule has 0 bridgehead atoms. The van der Waals surface area contributed by atoms with Crippen molar-refractivity contribution in [1.29, 1.82) is 0 Å². The molecule has 0 aromatic carbocycles. The van der Waals surface area contributed by atoms with Crippen molar-refractivity contribution in [1.82, 2.24) is 15.2 Å². The minimum atomic E-state index is -0.344. The molecule has 2 amide bonds. The van der Waals surface area contributed by atoms with Gasteiger partial charge in [-0.1, -0.05) is 11.3 Å². The van der Waals surface area contributed by atoms with Gasteiger partial charge in [-0.25, -0.2) is 4.98 Å². The van der Waals surface area contributed by atoms with Crippen LogP contribution in [0.4, 0.5) is 10.9 Å². The topological polar surface area (TPSA) is 91.6 Å². The fourth-order valence-corrected chi connectivity index (χ4v) is 3.05. The molecule has 8 heteroatoms. The second-order valence-electron chi connectivity index (χ2n) is 5.23. The lowest BCUT2D eigenvalue weighted by molar-refractivity contribution is -0.127. The summed E-state index contributed by atoms with van der Waals surface area (Å²) in [4.78, 5) is 31.8. The van der Waals surface area contributed by atoms with Gasteiger partial charge in [-0.3, -0.25) is 9.59 Å². The van der Waals surface area contributed by atoms with E-state index >= 15 is 0 Å². The summed E-state index contributed by atoms with van der Waals surface area (Å²) >= 11 is 1.29. The van der Waals surface area contributed by atoms with Crippen LogP contribution in [0.25, 0.3) is 0 Å². The Morgan fingerprint density at radius 2 is 2.00 bits per heavy atom. The summed E-state index contributed by atoms with van der Waals surface area (Å²) in [6, 6.07) is 0. The fourth-order valence-electron chi connectivity index (χ4n) is 2.10. The van der Waals surface area contributed by atoms with Crippen LogP contribution in [0.2, 0.25) is 0 Å². The van der Waals surface area contributed by atoms with Crippen molar-refractivity contribution in [3.05, 3.63) is 4.88 Å². The minimum Gasteiger partial charge on any atom is -0.382 e. The highest BCUT2D eigenvalue weighted by Gasteiger charge is 2.21. The number of nitrogens with one attached hydrogen (secondary N) is 1. The first-order valence-corrected chi connectivity index (χ1v) is 7.80. The molecule has 0 aliphatic carbocycles. The smallest absolute Gasteiger partial charge is 0.265 e. The van der Waals surface area contributed by atoms with Crippen LogP contribution in [-0.2, 0) is 4.79 Å². The molecular weight excluding hydrogens is 290 g/mol. The van der Waals surface area contributed by atoms with Crippen molar-refractivity contribution < 1.29 is 9.59 Å². The SMILES string of the molecule is CN(C)C(=O)CNC(=O)c1sc(N2CCCCC2)nc1N. The summed E-state index contributed by atoms with van der Waals surface area (Å²) in [5.74, 6) is -0.276. The Labute approximate surface area is 128 Å². The number of piperidine rings is 1. The number of nitrogen functional groups attached to an aromatic ring is 1. The summed E-state index contributed by atoms with van der Waals surface area (Å²) in [6.45, 7) is 1.86. The van der Waals surface area contributed by atoms with Gasteiger partial charge in [0.1, 0.15) is 10.7 Å². The molecule has 1 aliphatic rings. The fraction of sp³-hybridized carbons (Fsp3) is 0.615. The van der Waals surface area contributed by atoms with E-state index in [1.54, 1.807) is 14.1 Å². The van der Waals surface area contributed by atoms with Gasteiger partial charge in [-0.15, -0.1) is 0 Å². The van der Waals surface area contributed by atoms with Gasteiger partial charge in [-0.05, 0) is 19.3 Å². The first-order valence-electron chi connectivity index (χ1n) is 6.98. The first-order chi connectivity index (χ1) is 9.99. The maximum Gasteiger partial charge on any atom is 0.265 e. The number of anilines is 2. The van der Waals surface area contributed by atoms with Crippen LogP contribution in [0.15, 0.2) is 0 Å². The summed E-state index contributed by atoms with van der Waals surface area (Å²) < 4.78 is 0. The summed E-state index contributed by atoms with van der Waals surface area (Å²) in [7, 11) is 3.29. The molecule has 1 aromatic rings. The average molecular weight is 311 g/mol. The summed E-state index contributed by atoms with van der Waals surface area (Å²) in [5.41, 5.74) is 5.83. The number of nitrogens with zero attached hydrogens (tertiary/aromatic N) is 3. The molecule has 1 aromatic heterocycles. The van der Waals surface area contributed by atoms with Crippen LogP contribution in [0.3, 0.4) is 0 Å². The third-order valence-corrected chi connectivity index (χ3v) is 4.50. The first kappa shape index (κ1) is 15.6.